The van der Waals surface area contributed by atoms with Crippen LogP contribution in [-0.4, -0.2) is 17.3 Å². The van der Waals surface area contributed by atoms with Crippen LogP contribution in [0, 0.1) is 5.92 Å². The predicted octanol–water partition coefficient (Wildman–Crippen LogP) is 5.53. The van der Waals surface area contributed by atoms with Gasteiger partial charge in [-0.15, -0.1) is 0 Å². The summed E-state index contributed by atoms with van der Waals surface area (Å²) in [6.45, 7) is 3.33. The molecule has 1 fully saturated rings. The molecule has 1 heterocycles. The molecule has 1 aliphatic heterocycles. The minimum absolute atomic E-state index is 0.388. The van der Waals surface area contributed by atoms with Crippen molar-refractivity contribution in [2.24, 2.45) is 10.9 Å². The molecule has 0 bridgehead atoms. The van der Waals surface area contributed by atoms with E-state index in [9.17, 15) is 0 Å². The van der Waals surface area contributed by atoms with Crippen LogP contribution in [0.3, 0.4) is 0 Å². The van der Waals surface area contributed by atoms with E-state index in [4.69, 9.17) is 4.99 Å². The van der Waals surface area contributed by atoms with Gasteiger partial charge < -0.3 is 4.90 Å². The van der Waals surface area contributed by atoms with Crippen LogP contribution in [0.15, 0.2) is 59.6 Å². The van der Waals surface area contributed by atoms with Crippen LogP contribution in [0.5, 0.6) is 0 Å². The van der Waals surface area contributed by atoms with Gasteiger partial charge in [0.25, 0.3) is 0 Å². The van der Waals surface area contributed by atoms with Crippen LogP contribution < -0.4 is 0 Å². The molecule has 4 rings (SSSR count). The van der Waals surface area contributed by atoms with E-state index in [2.05, 4.69) is 66.4 Å². The lowest BCUT2D eigenvalue weighted by molar-refractivity contribution is 0.268. The second-order valence-corrected chi connectivity index (χ2v) is 7.22. The molecular weight excluding hydrogens is 292 g/mol. The SMILES string of the molecule is CC1=Nc2ccccc2CC(c2ccccc2)N1CC1CCCC1. The Hall–Kier alpha value is -2.09. The summed E-state index contributed by atoms with van der Waals surface area (Å²) in [6.07, 6.45) is 6.57. The number of rotatable bonds is 3. The third-order valence-electron chi connectivity index (χ3n) is 5.59. The van der Waals surface area contributed by atoms with Gasteiger partial charge in [0.2, 0.25) is 0 Å². The Kier molecular flexibility index (Phi) is 4.38. The number of hydrogen-bond acceptors (Lipinski definition) is 2. The first-order valence-corrected chi connectivity index (χ1v) is 9.26. The van der Waals surface area contributed by atoms with E-state index in [0.717, 1.165) is 24.6 Å². The summed E-state index contributed by atoms with van der Waals surface area (Å²) in [4.78, 5) is 7.56. The lowest BCUT2D eigenvalue weighted by Gasteiger charge is -2.34. The van der Waals surface area contributed by atoms with Crippen LogP contribution in [-0.2, 0) is 6.42 Å². The summed E-state index contributed by atoms with van der Waals surface area (Å²) in [5.74, 6) is 1.99. The van der Waals surface area contributed by atoms with Gasteiger partial charge in [0.1, 0.15) is 5.84 Å². The highest BCUT2D eigenvalue weighted by Crippen LogP contribution is 2.36. The molecule has 2 heteroatoms. The minimum Gasteiger partial charge on any atom is -0.353 e. The van der Waals surface area contributed by atoms with Gasteiger partial charge in [-0.05, 0) is 49.3 Å². The zero-order chi connectivity index (χ0) is 16.4. The highest BCUT2D eigenvalue weighted by atomic mass is 15.2. The maximum Gasteiger partial charge on any atom is 0.102 e. The van der Waals surface area contributed by atoms with E-state index in [1.165, 1.54) is 42.6 Å². The Bertz CT molecular complexity index is 714. The standard InChI is InChI=1S/C22H26N2/c1-17-23-21-14-8-7-13-20(21)15-22(19-11-3-2-4-12-19)24(17)16-18-9-5-6-10-18/h2-4,7-8,11-14,18,22H,5-6,9-10,15-16H2,1H3. The number of para-hydroxylation sites is 1. The molecule has 1 atom stereocenters. The summed E-state index contributed by atoms with van der Waals surface area (Å²) in [5, 5.41) is 0. The van der Waals surface area contributed by atoms with Gasteiger partial charge in [0.05, 0.1) is 11.7 Å². The molecule has 24 heavy (non-hydrogen) atoms. The van der Waals surface area contributed by atoms with Crippen LogP contribution in [0.1, 0.15) is 49.8 Å². The number of fused-ring (bicyclic) bond motifs is 1. The lowest BCUT2D eigenvalue weighted by Crippen LogP contribution is -2.37. The Morgan fingerprint density at radius 2 is 1.67 bits per heavy atom. The molecule has 2 aliphatic rings. The molecule has 124 valence electrons. The third-order valence-corrected chi connectivity index (χ3v) is 5.59. The van der Waals surface area contributed by atoms with Crippen LogP contribution in [0.2, 0.25) is 0 Å². The highest BCUT2D eigenvalue weighted by molar-refractivity contribution is 5.84. The van der Waals surface area contributed by atoms with Gasteiger partial charge in [0.15, 0.2) is 0 Å². The van der Waals surface area contributed by atoms with Crippen LogP contribution in [0.4, 0.5) is 5.69 Å². The number of benzene rings is 2. The Morgan fingerprint density at radius 3 is 2.46 bits per heavy atom. The molecule has 2 aromatic rings. The van der Waals surface area contributed by atoms with Crippen molar-refractivity contribution < 1.29 is 0 Å². The average molecular weight is 318 g/mol. The van der Waals surface area contributed by atoms with Crippen LogP contribution in [0.25, 0.3) is 0 Å². The normalized spacial score (nSPS) is 21.3. The fraction of sp³-hybridized carbons (Fsp3) is 0.409. The Balaban J connectivity index is 1.72. The van der Waals surface area contributed by atoms with Crippen molar-refractivity contribution in [1.82, 2.24) is 4.90 Å². The highest BCUT2D eigenvalue weighted by Gasteiger charge is 2.28. The Morgan fingerprint density at radius 1 is 0.958 bits per heavy atom. The average Bonchev–Trinajstić information content (AvgIpc) is 3.08. The van der Waals surface area contributed by atoms with E-state index >= 15 is 0 Å². The molecule has 1 aliphatic carbocycles. The Labute approximate surface area is 145 Å². The molecule has 2 nitrogen and oxygen atoms in total. The van der Waals surface area contributed by atoms with E-state index in [1.807, 2.05) is 0 Å². The van der Waals surface area contributed by atoms with Gasteiger partial charge in [0, 0.05) is 6.54 Å². The lowest BCUT2D eigenvalue weighted by atomic mass is 9.95. The molecule has 2 aromatic carbocycles. The van der Waals surface area contributed by atoms with Gasteiger partial charge >= 0.3 is 0 Å². The van der Waals surface area contributed by atoms with Crippen LogP contribution >= 0.6 is 0 Å². The summed E-state index contributed by atoms with van der Waals surface area (Å²) >= 11 is 0. The molecule has 0 radical (unpaired) electrons. The van der Waals surface area contributed by atoms with Crippen molar-refractivity contribution in [3.63, 3.8) is 0 Å². The van der Waals surface area contributed by atoms with Crippen molar-refractivity contribution in [3.05, 3.63) is 65.7 Å². The monoisotopic (exact) mass is 318 g/mol. The molecule has 1 unspecified atom stereocenters. The molecule has 0 spiro atoms. The first kappa shape index (κ1) is 15.4. The van der Waals surface area contributed by atoms with Crippen molar-refractivity contribution in [1.29, 1.82) is 0 Å². The van der Waals surface area contributed by atoms with E-state index in [-0.39, 0.29) is 0 Å². The maximum atomic E-state index is 4.98. The molecule has 0 amide bonds. The smallest absolute Gasteiger partial charge is 0.102 e. The summed E-state index contributed by atoms with van der Waals surface area (Å²) in [6, 6.07) is 20.0. The third kappa shape index (κ3) is 3.10. The zero-order valence-corrected chi connectivity index (χ0v) is 14.5. The predicted molar refractivity (Wildman–Crippen MR) is 101 cm³/mol. The molecule has 0 aromatic heterocycles. The molecule has 0 saturated heterocycles. The molecule has 1 saturated carbocycles. The van der Waals surface area contributed by atoms with Crippen molar-refractivity contribution >= 4 is 11.5 Å². The first-order chi connectivity index (χ1) is 11.8. The van der Waals surface area contributed by atoms with E-state index < -0.39 is 0 Å². The fourth-order valence-corrected chi connectivity index (χ4v) is 4.28. The second-order valence-electron chi connectivity index (χ2n) is 7.22. The number of aliphatic imine (C=N–C) groups is 1. The number of nitrogens with zero attached hydrogens (tertiary/aromatic N) is 2. The van der Waals surface area contributed by atoms with Crippen molar-refractivity contribution in [3.8, 4) is 0 Å². The van der Waals surface area contributed by atoms with Gasteiger partial charge in [-0.3, -0.25) is 0 Å². The minimum atomic E-state index is 0.388. The van der Waals surface area contributed by atoms with Gasteiger partial charge in [-0.25, -0.2) is 4.99 Å². The van der Waals surface area contributed by atoms with E-state index in [0.29, 0.717) is 6.04 Å². The van der Waals surface area contributed by atoms with Crippen molar-refractivity contribution in [2.75, 3.05) is 6.54 Å². The van der Waals surface area contributed by atoms with E-state index in [1.54, 1.807) is 0 Å². The summed E-state index contributed by atoms with van der Waals surface area (Å²) < 4.78 is 0. The molecule has 0 N–H and O–H groups in total. The quantitative estimate of drug-likeness (QED) is 0.727. The van der Waals surface area contributed by atoms with Gasteiger partial charge in [-0.1, -0.05) is 61.4 Å². The number of amidine groups is 1. The largest absolute Gasteiger partial charge is 0.353 e. The second kappa shape index (κ2) is 6.80. The summed E-state index contributed by atoms with van der Waals surface area (Å²) in [7, 11) is 0. The van der Waals surface area contributed by atoms with Crippen molar-refractivity contribution in [2.45, 2.75) is 45.1 Å². The fourth-order valence-electron chi connectivity index (χ4n) is 4.28. The van der Waals surface area contributed by atoms with Gasteiger partial charge in [-0.2, -0.15) is 0 Å². The topological polar surface area (TPSA) is 15.6 Å². The summed E-state index contributed by atoms with van der Waals surface area (Å²) in [5.41, 5.74) is 3.91. The zero-order valence-electron chi connectivity index (χ0n) is 14.5. The number of hydrogen-bond donors (Lipinski definition) is 0. The maximum absolute atomic E-state index is 4.98. The molecular formula is C22H26N2. The first-order valence-electron chi connectivity index (χ1n) is 9.26.